The van der Waals surface area contributed by atoms with E-state index in [0.29, 0.717) is 0 Å². The lowest BCUT2D eigenvalue weighted by Gasteiger charge is -2.27. The Morgan fingerprint density at radius 1 is 1.41 bits per heavy atom. The minimum Gasteiger partial charge on any atom is -0.443 e. The topological polar surface area (TPSA) is 117 Å². The van der Waals surface area contributed by atoms with Crippen LogP contribution < -0.4 is 5.32 Å². The maximum absolute atomic E-state index is 12.2. The van der Waals surface area contributed by atoms with Crippen molar-refractivity contribution in [2.45, 2.75) is 5.09 Å². The molecule has 8 nitrogen and oxygen atoms in total. The molecule has 116 valence electrons. The van der Waals surface area contributed by atoms with E-state index in [1.807, 2.05) is 0 Å². The molecule has 22 heavy (non-hydrogen) atoms. The highest BCUT2D eigenvalue weighted by molar-refractivity contribution is 7.85. The van der Waals surface area contributed by atoms with Crippen molar-refractivity contribution in [1.29, 1.82) is 0 Å². The summed E-state index contributed by atoms with van der Waals surface area (Å²) in [5, 5.41) is 1.58. The zero-order valence-corrected chi connectivity index (χ0v) is 12.6. The van der Waals surface area contributed by atoms with Gasteiger partial charge in [-0.15, -0.1) is 6.58 Å². The van der Waals surface area contributed by atoms with E-state index in [9.17, 15) is 18.0 Å². The molecule has 1 aromatic rings. The van der Waals surface area contributed by atoms with Crippen LogP contribution in [0.3, 0.4) is 0 Å². The summed E-state index contributed by atoms with van der Waals surface area (Å²) in [6, 6.07) is 2.19. The Hall–Kier alpha value is -2.30. The first kappa shape index (κ1) is 16.1. The summed E-state index contributed by atoms with van der Waals surface area (Å²) >= 11 is 4.88. The van der Waals surface area contributed by atoms with E-state index in [2.05, 4.69) is 11.9 Å². The van der Waals surface area contributed by atoms with Gasteiger partial charge in [0.25, 0.3) is 11.8 Å². The van der Waals surface area contributed by atoms with Gasteiger partial charge >= 0.3 is 10.1 Å². The number of hydrogen-bond acceptors (Lipinski definition) is 6. The highest BCUT2D eigenvalue weighted by Crippen LogP contribution is 2.19. The molecule has 0 aromatic carbocycles. The lowest BCUT2D eigenvalue weighted by atomic mass is 10.1. The van der Waals surface area contributed by atoms with Crippen molar-refractivity contribution in [3.05, 3.63) is 36.1 Å². The maximum Gasteiger partial charge on any atom is 0.328 e. The lowest BCUT2D eigenvalue weighted by molar-refractivity contribution is -0.128. The van der Waals surface area contributed by atoms with Gasteiger partial charge in [0.2, 0.25) is 5.09 Å². The second kappa shape index (κ2) is 5.83. The summed E-state index contributed by atoms with van der Waals surface area (Å²) in [5.41, 5.74) is -0.285. The summed E-state index contributed by atoms with van der Waals surface area (Å²) in [6.07, 6.45) is 2.49. The van der Waals surface area contributed by atoms with Gasteiger partial charge in [0.15, 0.2) is 5.11 Å². The van der Waals surface area contributed by atoms with Crippen molar-refractivity contribution < 1.29 is 27.0 Å². The number of rotatable bonds is 4. The number of carbonyl (C=O) groups excluding carboxylic acids is 2. The Labute approximate surface area is 130 Å². The van der Waals surface area contributed by atoms with Crippen molar-refractivity contribution >= 4 is 45.3 Å². The van der Waals surface area contributed by atoms with Crippen molar-refractivity contribution in [2.24, 2.45) is 0 Å². The molecule has 0 atom stereocenters. The predicted molar refractivity (Wildman–Crippen MR) is 79.2 cm³/mol. The van der Waals surface area contributed by atoms with Crippen LogP contribution in [0, 0.1) is 0 Å². The average molecular weight is 342 g/mol. The van der Waals surface area contributed by atoms with Crippen LogP contribution in [0.5, 0.6) is 0 Å². The largest absolute Gasteiger partial charge is 0.443 e. The van der Waals surface area contributed by atoms with Gasteiger partial charge in [-0.2, -0.15) is 8.42 Å². The van der Waals surface area contributed by atoms with Gasteiger partial charge in [0.1, 0.15) is 11.3 Å². The Kier molecular flexibility index (Phi) is 4.26. The van der Waals surface area contributed by atoms with Crippen LogP contribution in [0.4, 0.5) is 0 Å². The van der Waals surface area contributed by atoms with Crippen LogP contribution in [-0.2, 0) is 19.7 Å². The Balaban J connectivity index is 2.39. The summed E-state index contributed by atoms with van der Waals surface area (Å²) in [4.78, 5) is 25.1. The molecule has 2 amide bonds. The molecular weight excluding hydrogens is 332 g/mol. The molecular formula is C12H10N2O6S2. The molecule has 1 aromatic heterocycles. The first-order valence-electron chi connectivity index (χ1n) is 5.81. The quantitative estimate of drug-likeness (QED) is 0.266. The van der Waals surface area contributed by atoms with Crippen LogP contribution in [0.25, 0.3) is 6.08 Å². The fourth-order valence-electron chi connectivity index (χ4n) is 1.68. The number of thiocarbonyl (C=S) groups is 1. The van der Waals surface area contributed by atoms with Gasteiger partial charge in [0.05, 0.1) is 0 Å². The number of nitrogens with zero attached hydrogens (tertiary/aromatic N) is 1. The third-order valence-corrected chi connectivity index (χ3v) is 3.69. The third-order valence-electron chi connectivity index (χ3n) is 2.64. The number of amides is 2. The average Bonchev–Trinajstić information content (AvgIpc) is 2.88. The fourth-order valence-corrected chi connectivity index (χ4v) is 2.37. The molecule has 0 radical (unpaired) electrons. The van der Waals surface area contributed by atoms with Gasteiger partial charge in [-0.05, 0) is 30.4 Å². The Morgan fingerprint density at radius 2 is 2.09 bits per heavy atom. The van der Waals surface area contributed by atoms with E-state index in [4.69, 9.17) is 21.2 Å². The molecule has 0 bridgehead atoms. The van der Waals surface area contributed by atoms with Crippen LogP contribution in [-0.4, -0.2) is 41.3 Å². The van der Waals surface area contributed by atoms with Gasteiger partial charge in [-0.25, -0.2) is 0 Å². The van der Waals surface area contributed by atoms with E-state index in [0.717, 1.165) is 17.0 Å². The maximum atomic E-state index is 12.2. The summed E-state index contributed by atoms with van der Waals surface area (Å²) < 4.78 is 35.5. The molecule has 2 N–H and O–H groups in total. The van der Waals surface area contributed by atoms with E-state index < -0.39 is 27.0 Å². The normalized spacial score (nSPS) is 17.8. The fraction of sp³-hybridized carbons (Fsp3) is 0.0833. The first-order valence-corrected chi connectivity index (χ1v) is 7.66. The van der Waals surface area contributed by atoms with Crippen LogP contribution >= 0.6 is 12.2 Å². The molecule has 1 aliphatic rings. The molecule has 1 fully saturated rings. The van der Waals surface area contributed by atoms with Crippen LogP contribution in [0.15, 0.2) is 39.9 Å². The van der Waals surface area contributed by atoms with Crippen LogP contribution in [0.2, 0.25) is 0 Å². The monoisotopic (exact) mass is 342 g/mol. The molecule has 0 aliphatic carbocycles. The summed E-state index contributed by atoms with van der Waals surface area (Å²) in [7, 11) is -4.50. The number of hydrogen-bond donors (Lipinski definition) is 2. The van der Waals surface area contributed by atoms with Crippen molar-refractivity contribution in [1.82, 2.24) is 10.2 Å². The molecule has 1 aliphatic heterocycles. The minimum atomic E-state index is -4.50. The highest BCUT2D eigenvalue weighted by atomic mass is 32.2. The Bertz CT molecular complexity index is 805. The molecule has 1 saturated heterocycles. The van der Waals surface area contributed by atoms with Gasteiger partial charge in [-0.3, -0.25) is 24.4 Å². The van der Waals surface area contributed by atoms with Gasteiger partial charge < -0.3 is 4.42 Å². The smallest absolute Gasteiger partial charge is 0.328 e. The molecule has 10 heteroatoms. The molecule has 2 rings (SSSR count). The SMILES string of the molecule is C=CCN1C(=O)C(=Cc2ccc(S(=O)(=O)O)o2)C(=O)NC1=S. The van der Waals surface area contributed by atoms with E-state index in [-0.39, 0.29) is 23.0 Å². The van der Waals surface area contributed by atoms with E-state index in [1.54, 1.807) is 0 Å². The molecule has 0 unspecified atom stereocenters. The van der Waals surface area contributed by atoms with E-state index in [1.165, 1.54) is 12.1 Å². The van der Waals surface area contributed by atoms with Crippen molar-refractivity contribution in [3.63, 3.8) is 0 Å². The summed E-state index contributed by atoms with van der Waals surface area (Å²) in [6.45, 7) is 3.58. The van der Waals surface area contributed by atoms with Crippen molar-refractivity contribution in [2.75, 3.05) is 6.54 Å². The highest BCUT2D eigenvalue weighted by Gasteiger charge is 2.33. The third kappa shape index (κ3) is 3.13. The molecule has 2 heterocycles. The number of nitrogens with one attached hydrogen (secondary N) is 1. The summed E-state index contributed by atoms with van der Waals surface area (Å²) in [5.74, 6) is -1.49. The molecule has 0 saturated carbocycles. The zero-order valence-electron chi connectivity index (χ0n) is 11.0. The Morgan fingerprint density at radius 3 is 2.64 bits per heavy atom. The zero-order chi connectivity index (χ0) is 16.5. The lowest BCUT2D eigenvalue weighted by Crippen LogP contribution is -2.53. The van der Waals surface area contributed by atoms with Crippen LogP contribution in [0.1, 0.15) is 5.76 Å². The predicted octanol–water partition coefficient (Wildman–Crippen LogP) is 0.339. The van der Waals surface area contributed by atoms with E-state index >= 15 is 0 Å². The van der Waals surface area contributed by atoms with Crippen molar-refractivity contribution in [3.8, 4) is 0 Å². The minimum absolute atomic E-state index is 0.0508. The second-order valence-electron chi connectivity index (χ2n) is 4.15. The number of carbonyl (C=O) groups is 2. The number of furan rings is 1. The first-order chi connectivity index (χ1) is 10.2. The second-order valence-corrected chi connectivity index (χ2v) is 5.89. The standard InChI is InChI=1S/C12H10N2O6S2/c1-2-5-14-11(16)8(10(15)13-12(14)21)6-7-3-4-9(20-7)22(17,18)19/h2-4,6H,1,5H2,(H,13,15,21)(H,17,18,19). The van der Waals surface area contributed by atoms with Gasteiger partial charge in [-0.1, -0.05) is 6.08 Å². The molecule has 0 spiro atoms. The van der Waals surface area contributed by atoms with Gasteiger partial charge in [0, 0.05) is 6.54 Å².